The summed E-state index contributed by atoms with van der Waals surface area (Å²) >= 11 is 0. The van der Waals surface area contributed by atoms with E-state index in [1.54, 1.807) is 0 Å². The molecule has 2 fully saturated rings. The van der Waals surface area contributed by atoms with Gasteiger partial charge in [0.05, 0.1) is 0 Å². The first-order chi connectivity index (χ1) is 8.41. The Balaban J connectivity index is 1.89. The highest BCUT2D eigenvalue weighted by atomic mass is 14.9. The molecule has 1 unspecified atom stereocenters. The van der Waals surface area contributed by atoms with Gasteiger partial charge in [0.2, 0.25) is 0 Å². The van der Waals surface area contributed by atoms with Crippen molar-refractivity contribution in [2.45, 2.75) is 25.2 Å². The van der Waals surface area contributed by atoms with Crippen LogP contribution in [0.25, 0.3) is 0 Å². The highest BCUT2D eigenvalue weighted by Crippen LogP contribution is 2.47. The fourth-order valence-corrected chi connectivity index (χ4v) is 3.65. The summed E-state index contributed by atoms with van der Waals surface area (Å²) in [6.07, 6.45) is 4.02. The predicted octanol–water partition coefficient (Wildman–Crippen LogP) is 2.13. The van der Waals surface area contributed by atoms with Crippen molar-refractivity contribution in [3.63, 3.8) is 0 Å². The summed E-state index contributed by atoms with van der Waals surface area (Å²) in [7, 11) is 0. The molecule has 2 heteroatoms. The zero-order chi connectivity index (χ0) is 11.6. The number of nitrogens with one attached hydrogen (secondary N) is 2. The summed E-state index contributed by atoms with van der Waals surface area (Å²) < 4.78 is 0. The lowest BCUT2D eigenvalue weighted by Gasteiger charge is -2.47. The van der Waals surface area contributed by atoms with Crippen molar-refractivity contribution in [2.24, 2.45) is 5.41 Å². The van der Waals surface area contributed by atoms with Crippen LogP contribution in [-0.2, 0) is 0 Å². The van der Waals surface area contributed by atoms with E-state index in [1.807, 2.05) is 0 Å². The molecule has 1 atom stereocenters. The molecule has 0 saturated carbocycles. The van der Waals surface area contributed by atoms with E-state index in [2.05, 4.69) is 41.0 Å². The molecule has 2 nitrogen and oxygen atoms in total. The molecule has 0 amide bonds. The Kier molecular flexibility index (Phi) is 3.17. The summed E-state index contributed by atoms with van der Waals surface area (Å²) in [5.41, 5.74) is 2.08. The highest BCUT2D eigenvalue weighted by Gasteiger charge is 2.41. The average Bonchev–Trinajstić information content (AvgIpc) is 2.41. The number of rotatable bonds is 1. The lowest BCUT2D eigenvalue weighted by atomic mass is 9.63. The molecule has 92 valence electrons. The van der Waals surface area contributed by atoms with Gasteiger partial charge in [-0.15, -0.1) is 0 Å². The summed E-state index contributed by atoms with van der Waals surface area (Å²) in [6, 6.07) is 11.1. The Morgan fingerprint density at radius 3 is 2.24 bits per heavy atom. The Morgan fingerprint density at radius 1 is 0.882 bits per heavy atom. The van der Waals surface area contributed by atoms with Crippen LogP contribution in [0.15, 0.2) is 30.3 Å². The van der Waals surface area contributed by atoms with Gasteiger partial charge >= 0.3 is 0 Å². The van der Waals surface area contributed by atoms with Gasteiger partial charge in [0.25, 0.3) is 0 Å². The summed E-state index contributed by atoms with van der Waals surface area (Å²) in [4.78, 5) is 0. The largest absolute Gasteiger partial charge is 0.317 e. The molecule has 2 aliphatic rings. The van der Waals surface area contributed by atoms with Crippen molar-refractivity contribution >= 4 is 0 Å². The van der Waals surface area contributed by atoms with Gasteiger partial charge in [0.15, 0.2) is 0 Å². The first kappa shape index (κ1) is 11.2. The fourth-order valence-electron chi connectivity index (χ4n) is 3.65. The molecule has 2 heterocycles. The SMILES string of the molecule is c1ccc(C2CNCCC23CCNCC3)cc1. The zero-order valence-electron chi connectivity index (χ0n) is 10.4. The molecule has 2 saturated heterocycles. The van der Waals surface area contributed by atoms with Gasteiger partial charge in [-0.3, -0.25) is 0 Å². The molecule has 1 spiro atoms. The maximum Gasteiger partial charge on any atom is 0.00255 e. The second-order valence-corrected chi connectivity index (χ2v) is 5.53. The van der Waals surface area contributed by atoms with Crippen LogP contribution in [0.4, 0.5) is 0 Å². The summed E-state index contributed by atoms with van der Waals surface area (Å²) in [6.45, 7) is 4.75. The summed E-state index contributed by atoms with van der Waals surface area (Å²) in [5.74, 6) is 0.708. The lowest BCUT2D eigenvalue weighted by Crippen LogP contribution is -2.49. The molecule has 0 bridgehead atoms. The van der Waals surface area contributed by atoms with Crippen molar-refractivity contribution in [1.29, 1.82) is 0 Å². The first-order valence-electron chi connectivity index (χ1n) is 6.87. The van der Waals surface area contributed by atoms with Gasteiger partial charge in [-0.1, -0.05) is 30.3 Å². The van der Waals surface area contributed by atoms with E-state index in [1.165, 1.54) is 44.5 Å². The molecule has 0 radical (unpaired) electrons. The third-order valence-corrected chi connectivity index (χ3v) is 4.69. The minimum atomic E-state index is 0.553. The van der Waals surface area contributed by atoms with Crippen molar-refractivity contribution in [3.05, 3.63) is 35.9 Å². The van der Waals surface area contributed by atoms with E-state index < -0.39 is 0 Å². The number of hydrogen-bond acceptors (Lipinski definition) is 2. The smallest absolute Gasteiger partial charge is 0.00255 e. The quantitative estimate of drug-likeness (QED) is 0.772. The van der Waals surface area contributed by atoms with E-state index in [9.17, 15) is 0 Å². The molecule has 0 aromatic heterocycles. The van der Waals surface area contributed by atoms with Crippen LogP contribution in [0.2, 0.25) is 0 Å². The molecular formula is C15H22N2. The molecule has 1 aromatic carbocycles. The van der Waals surface area contributed by atoms with Crippen LogP contribution in [0.5, 0.6) is 0 Å². The fraction of sp³-hybridized carbons (Fsp3) is 0.600. The van der Waals surface area contributed by atoms with Crippen LogP contribution in [0.3, 0.4) is 0 Å². The third kappa shape index (κ3) is 2.12. The van der Waals surface area contributed by atoms with E-state index in [4.69, 9.17) is 0 Å². The van der Waals surface area contributed by atoms with E-state index in [0.29, 0.717) is 11.3 Å². The molecule has 2 N–H and O–H groups in total. The van der Waals surface area contributed by atoms with Crippen molar-refractivity contribution < 1.29 is 0 Å². The van der Waals surface area contributed by atoms with Gasteiger partial charge < -0.3 is 10.6 Å². The third-order valence-electron chi connectivity index (χ3n) is 4.69. The van der Waals surface area contributed by atoms with Crippen LogP contribution in [0.1, 0.15) is 30.7 Å². The standard InChI is InChI=1S/C15H22N2/c1-2-4-13(5-3-1)14-12-17-11-8-15(14)6-9-16-10-7-15/h1-5,14,16-17H,6-12H2. The Labute approximate surface area is 104 Å². The zero-order valence-corrected chi connectivity index (χ0v) is 10.4. The van der Waals surface area contributed by atoms with Crippen molar-refractivity contribution in [1.82, 2.24) is 10.6 Å². The molecule has 17 heavy (non-hydrogen) atoms. The highest BCUT2D eigenvalue weighted by molar-refractivity contribution is 5.24. The normalized spacial score (nSPS) is 28.1. The summed E-state index contributed by atoms with van der Waals surface area (Å²) in [5, 5.41) is 7.09. The minimum Gasteiger partial charge on any atom is -0.317 e. The number of piperidine rings is 2. The molecule has 1 aromatic rings. The van der Waals surface area contributed by atoms with Crippen LogP contribution < -0.4 is 10.6 Å². The Morgan fingerprint density at radius 2 is 1.53 bits per heavy atom. The molecule has 3 rings (SSSR count). The monoisotopic (exact) mass is 230 g/mol. The number of benzene rings is 1. The van der Waals surface area contributed by atoms with Crippen LogP contribution >= 0.6 is 0 Å². The van der Waals surface area contributed by atoms with Crippen molar-refractivity contribution in [2.75, 3.05) is 26.2 Å². The maximum absolute atomic E-state index is 3.58. The number of hydrogen-bond donors (Lipinski definition) is 2. The second-order valence-electron chi connectivity index (χ2n) is 5.53. The van der Waals surface area contributed by atoms with Crippen LogP contribution in [0, 0.1) is 5.41 Å². The average molecular weight is 230 g/mol. The second kappa shape index (κ2) is 4.79. The van der Waals surface area contributed by atoms with Gasteiger partial charge in [-0.2, -0.15) is 0 Å². The molecular weight excluding hydrogens is 208 g/mol. The van der Waals surface area contributed by atoms with Gasteiger partial charge in [0, 0.05) is 12.5 Å². The first-order valence-corrected chi connectivity index (χ1v) is 6.87. The van der Waals surface area contributed by atoms with Gasteiger partial charge in [-0.25, -0.2) is 0 Å². The topological polar surface area (TPSA) is 24.1 Å². The van der Waals surface area contributed by atoms with Gasteiger partial charge in [-0.05, 0) is 49.9 Å². The van der Waals surface area contributed by atoms with Crippen LogP contribution in [-0.4, -0.2) is 26.2 Å². The van der Waals surface area contributed by atoms with Crippen molar-refractivity contribution in [3.8, 4) is 0 Å². The molecule has 2 aliphatic heterocycles. The maximum atomic E-state index is 3.58. The van der Waals surface area contributed by atoms with E-state index in [-0.39, 0.29) is 0 Å². The minimum absolute atomic E-state index is 0.553. The Hall–Kier alpha value is -0.860. The Bertz CT molecular complexity index is 346. The van der Waals surface area contributed by atoms with Gasteiger partial charge in [0.1, 0.15) is 0 Å². The molecule has 0 aliphatic carbocycles. The van der Waals surface area contributed by atoms with E-state index in [0.717, 1.165) is 6.54 Å². The lowest BCUT2D eigenvalue weighted by molar-refractivity contribution is 0.112. The van der Waals surface area contributed by atoms with E-state index >= 15 is 0 Å². The predicted molar refractivity (Wildman–Crippen MR) is 71.2 cm³/mol.